The standard InChI is InChI=1S/C20H23NO5S/c1-3-25-20(22)12-15-9-10-17(16-7-5-4-6-8-16)19(11-15)27(23,24)21-14(2)18-13-26-18/h4-11,14,18,21H,3,12-13H2,1-2H3/t14-,18+/m0/s1. The van der Waals surface area contributed by atoms with Gasteiger partial charge in [0, 0.05) is 11.6 Å². The van der Waals surface area contributed by atoms with E-state index in [0.29, 0.717) is 17.7 Å². The highest BCUT2D eigenvalue weighted by molar-refractivity contribution is 7.89. The zero-order valence-corrected chi connectivity index (χ0v) is 16.2. The molecule has 0 aliphatic carbocycles. The van der Waals surface area contributed by atoms with E-state index in [2.05, 4.69) is 4.72 Å². The van der Waals surface area contributed by atoms with Crippen LogP contribution in [0, 0.1) is 0 Å². The van der Waals surface area contributed by atoms with Crippen molar-refractivity contribution in [2.45, 2.75) is 37.3 Å². The molecule has 2 aromatic carbocycles. The lowest BCUT2D eigenvalue weighted by molar-refractivity contribution is -0.142. The van der Waals surface area contributed by atoms with E-state index in [1.165, 1.54) is 0 Å². The number of sulfonamides is 1. The van der Waals surface area contributed by atoms with E-state index in [1.807, 2.05) is 30.3 Å². The van der Waals surface area contributed by atoms with E-state index in [4.69, 9.17) is 9.47 Å². The molecule has 2 atom stereocenters. The quantitative estimate of drug-likeness (QED) is 0.554. The molecule has 0 spiro atoms. The summed E-state index contributed by atoms with van der Waals surface area (Å²) in [4.78, 5) is 11.9. The highest BCUT2D eigenvalue weighted by Gasteiger charge is 2.33. The van der Waals surface area contributed by atoms with Crippen LogP contribution in [-0.4, -0.2) is 39.7 Å². The van der Waals surface area contributed by atoms with Gasteiger partial charge in [0.05, 0.1) is 30.6 Å². The Bertz CT molecular complexity index is 907. The van der Waals surface area contributed by atoms with E-state index >= 15 is 0 Å². The average molecular weight is 389 g/mol. The van der Waals surface area contributed by atoms with Crippen molar-refractivity contribution in [2.24, 2.45) is 0 Å². The Morgan fingerprint density at radius 1 is 1.26 bits per heavy atom. The molecule has 0 aromatic heterocycles. The minimum Gasteiger partial charge on any atom is -0.466 e. The van der Waals surface area contributed by atoms with Crippen LogP contribution >= 0.6 is 0 Å². The molecule has 0 unspecified atom stereocenters. The van der Waals surface area contributed by atoms with Gasteiger partial charge in [0.25, 0.3) is 0 Å². The lowest BCUT2D eigenvalue weighted by atomic mass is 10.0. The summed E-state index contributed by atoms with van der Waals surface area (Å²) in [6.45, 7) is 4.35. The Balaban J connectivity index is 1.99. The van der Waals surface area contributed by atoms with Crippen LogP contribution in [0.4, 0.5) is 0 Å². The molecule has 6 nitrogen and oxygen atoms in total. The second kappa shape index (κ2) is 8.21. The zero-order valence-electron chi connectivity index (χ0n) is 15.3. The molecule has 1 fully saturated rings. The number of epoxide rings is 1. The molecule has 0 saturated carbocycles. The van der Waals surface area contributed by atoms with Crippen LogP contribution in [0.15, 0.2) is 53.4 Å². The lowest BCUT2D eigenvalue weighted by Crippen LogP contribution is -2.36. The Morgan fingerprint density at radius 3 is 2.59 bits per heavy atom. The van der Waals surface area contributed by atoms with Crippen molar-refractivity contribution in [3.8, 4) is 11.1 Å². The normalized spacial score (nSPS) is 17.3. The Morgan fingerprint density at radius 2 is 1.96 bits per heavy atom. The third-order valence-electron chi connectivity index (χ3n) is 4.33. The van der Waals surface area contributed by atoms with Crippen molar-refractivity contribution in [2.75, 3.05) is 13.2 Å². The van der Waals surface area contributed by atoms with E-state index in [-0.39, 0.29) is 36.0 Å². The minimum atomic E-state index is -3.80. The summed E-state index contributed by atoms with van der Waals surface area (Å²) in [5, 5.41) is 0. The van der Waals surface area contributed by atoms with Gasteiger partial charge in [0.15, 0.2) is 0 Å². The molecular formula is C20H23NO5S. The SMILES string of the molecule is CCOC(=O)Cc1ccc(-c2ccccc2)c(S(=O)(=O)N[C@@H](C)[C@H]2CO2)c1. The number of carbonyl (C=O) groups is 1. The first-order valence-corrected chi connectivity index (χ1v) is 10.4. The number of carbonyl (C=O) groups excluding carboxylic acids is 1. The second-order valence-corrected chi connectivity index (χ2v) is 8.14. The summed E-state index contributed by atoms with van der Waals surface area (Å²) in [5.41, 5.74) is 1.96. The highest BCUT2D eigenvalue weighted by Crippen LogP contribution is 2.29. The summed E-state index contributed by atoms with van der Waals surface area (Å²) in [6, 6.07) is 14.0. The van der Waals surface area contributed by atoms with E-state index in [9.17, 15) is 13.2 Å². The van der Waals surface area contributed by atoms with Gasteiger partial charge in [-0.1, -0.05) is 42.5 Å². The number of nitrogens with one attached hydrogen (secondary N) is 1. The van der Waals surface area contributed by atoms with Crippen molar-refractivity contribution in [3.05, 3.63) is 54.1 Å². The molecule has 1 aliphatic rings. The topological polar surface area (TPSA) is 85.0 Å². The molecule has 1 N–H and O–H groups in total. The molecule has 0 radical (unpaired) electrons. The van der Waals surface area contributed by atoms with Gasteiger partial charge in [0.1, 0.15) is 0 Å². The van der Waals surface area contributed by atoms with Gasteiger partial charge in [-0.25, -0.2) is 13.1 Å². The molecule has 144 valence electrons. The fourth-order valence-corrected chi connectivity index (χ4v) is 4.41. The monoisotopic (exact) mass is 389 g/mol. The summed E-state index contributed by atoms with van der Waals surface area (Å²) in [5.74, 6) is -0.388. The Kier molecular flexibility index (Phi) is 5.94. The molecule has 1 aliphatic heterocycles. The third kappa shape index (κ3) is 4.94. The van der Waals surface area contributed by atoms with Crippen LogP contribution in [0.3, 0.4) is 0 Å². The van der Waals surface area contributed by atoms with Crippen LogP contribution in [-0.2, 0) is 30.7 Å². The number of hydrogen-bond acceptors (Lipinski definition) is 5. The van der Waals surface area contributed by atoms with Gasteiger partial charge >= 0.3 is 5.97 Å². The smallest absolute Gasteiger partial charge is 0.310 e. The summed E-state index contributed by atoms with van der Waals surface area (Å²) >= 11 is 0. The number of rotatable bonds is 8. The first-order valence-electron chi connectivity index (χ1n) is 8.88. The molecule has 0 bridgehead atoms. The molecule has 0 amide bonds. The molecule has 1 saturated heterocycles. The molecular weight excluding hydrogens is 366 g/mol. The maximum Gasteiger partial charge on any atom is 0.310 e. The van der Waals surface area contributed by atoms with Gasteiger partial charge in [-0.15, -0.1) is 0 Å². The van der Waals surface area contributed by atoms with Gasteiger partial charge in [-0.2, -0.15) is 0 Å². The van der Waals surface area contributed by atoms with Crippen molar-refractivity contribution < 1.29 is 22.7 Å². The maximum absolute atomic E-state index is 13.0. The van der Waals surface area contributed by atoms with Crippen molar-refractivity contribution in [1.29, 1.82) is 0 Å². The fraction of sp³-hybridized carbons (Fsp3) is 0.350. The predicted molar refractivity (Wildman–Crippen MR) is 102 cm³/mol. The van der Waals surface area contributed by atoms with Crippen molar-refractivity contribution >= 4 is 16.0 Å². The zero-order chi connectivity index (χ0) is 19.4. The minimum absolute atomic E-state index is 0.0206. The maximum atomic E-state index is 13.0. The van der Waals surface area contributed by atoms with Crippen LogP contribution in [0.5, 0.6) is 0 Å². The summed E-state index contributed by atoms with van der Waals surface area (Å²) < 4.78 is 38.9. The molecule has 1 heterocycles. The van der Waals surface area contributed by atoms with Crippen molar-refractivity contribution in [1.82, 2.24) is 4.72 Å². The van der Waals surface area contributed by atoms with E-state index in [1.54, 1.807) is 32.0 Å². The second-order valence-electron chi connectivity index (χ2n) is 6.46. The molecule has 2 aromatic rings. The molecule has 3 rings (SSSR count). The van der Waals surface area contributed by atoms with Gasteiger partial charge in [-0.3, -0.25) is 4.79 Å². The van der Waals surface area contributed by atoms with Crippen LogP contribution < -0.4 is 4.72 Å². The first kappa shape index (κ1) is 19.5. The predicted octanol–water partition coefficient (Wildman–Crippen LogP) is 2.52. The van der Waals surface area contributed by atoms with E-state index < -0.39 is 10.0 Å². The van der Waals surface area contributed by atoms with Gasteiger partial charge in [-0.05, 0) is 31.0 Å². The average Bonchev–Trinajstić information content (AvgIpc) is 3.47. The van der Waals surface area contributed by atoms with E-state index in [0.717, 1.165) is 5.56 Å². The number of hydrogen-bond donors (Lipinski definition) is 1. The number of esters is 1. The largest absolute Gasteiger partial charge is 0.466 e. The summed E-state index contributed by atoms with van der Waals surface area (Å²) in [6.07, 6.45) is -0.0742. The number of benzene rings is 2. The summed E-state index contributed by atoms with van der Waals surface area (Å²) in [7, 11) is -3.80. The first-order chi connectivity index (χ1) is 12.9. The molecule has 7 heteroatoms. The van der Waals surface area contributed by atoms with Crippen LogP contribution in [0.2, 0.25) is 0 Å². The van der Waals surface area contributed by atoms with Gasteiger partial charge in [0.2, 0.25) is 10.0 Å². The Labute approximate surface area is 159 Å². The van der Waals surface area contributed by atoms with Gasteiger partial charge < -0.3 is 9.47 Å². The fourth-order valence-electron chi connectivity index (χ4n) is 2.86. The Hall–Kier alpha value is -2.22. The van der Waals surface area contributed by atoms with Crippen molar-refractivity contribution in [3.63, 3.8) is 0 Å². The van der Waals surface area contributed by atoms with Crippen LogP contribution in [0.1, 0.15) is 19.4 Å². The lowest BCUT2D eigenvalue weighted by Gasteiger charge is -2.16. The van der Waals surface area contributed by atoms with Crippen LogP contribution in [0.25, 0.3) is 11.1 Å². The third-order valence-corrected chi connectivity index (χ3v) is 5.93. The highest BCUT2D eigenvalue weighted by atomic mass is 32.2. The molecule has 27 heavy (non-hydrogen) atoms. The number of ether oxygens (including phenoxy) is 2.